The van der Waals surface area contributed by atoms with Gasteiger partial charge >= 0.3 is 0 Å². The molecule has 4 heteroatoms. The van der Waals surface area contributed by atoms with Gasteiger partial charge in [0.25, 0.3) is 0 Å². The molecular weight excluding hydrogens is 238 g/mol. The number of hydrogen-bond donors (Lipinski definition) is 0. The fourth-order valence-corrected chi connectivity index (χ4v) is 2.03. The van der Waals surface area contributed by atoms with Crippen LogP contribution in [0.15, 0.2) is 36.4 Å². The number of hydrogen-bond acceptors (Lipinski definition) is 2. The standard InChI is InChI=1S/C14H10F2O2/c1-8-17-13-7-9(15)6-11(14(13)18-8)10-4-2-3-5-12(10)16/h2-8H,1H3. The lowest BCUT2D eigenvalue weighted by atomic mass is 10.0. The maximum absolute atomic E-state index is 13.8. The SMILES string of the molecule is CC1Oc2cc(F)cc(-c3ccccc3F)c2O1. The molecule has 2 aromatic rings. The van der Waals surface area contributed by atoms with Crippen LogP contribution in [0.3, 0.4) is 0 Å². The molecule has 92 valence electrons. The summed E-state index contributed by atoms with van der Waals surface area (Å²) >= 11 is 0. The largest absolute Gasteiger partial charge is 0.451 e. The van der Waals surface area contributed by atoms with Crippen molar-refractivity contribution < 1.29 is 18.3 Å². The van der Waals surface area contributed by atoms with E-state index in [9.17, 15) is 8.78 Å². The van der Waals surface area contributed by atoms with E-state index in [1.165, 1.54) is 18.2 Å². The van der Waals surface area contributed by atoms with Crippen molar-refractivity contribution in [1.82, 2.24) is 0 Å². The normalized spacial score (nSPS) is 16.9. The highest BCUT2D eigenvalue weighted by Gasteiger charge is 2.26. The monoisotopic (exact) mass is 248 g/mol. The first-order valence-electron chi connectivity index (χ1n) is 5.57. The van der Waals surface area contributed by atoms with Crippen LogP contribution in [-0.4, -0.2) is 6.29 Å². The van der Waals surface area contributed by atoms with E-state index in [1.807, 2.05) is 0 Å². The molecule has 2 nitrogen and oxygen atoms in total. The number of ether oxygens (including phenoxy) is 2. The topological polar surface area (TPSA) is 18.5 Å². The number of halogens is 2. The van der Waals surface area contributed by atoms with Crippen molar-refractivity contribution in [2.45, 2.75) is 13.2 Å². The molecule has 0 fully saturated rings. The molecule has 1 unspecified atom stereocenters. The molecule has 1 aliphatic heterocycles. The summed E-state index contributed by atoms with van der Waals surface area (Å²) < 4.78 is 38.0. The summed E-state index contributed by atoms with van der Waals surface area (Å²) in [5.74, 6) is -0.215. The van der Waals surface area contributed by atoms with E-state index in [1.54, 1.807) is 25.1 Å². The van der Waals surface area contributed by atoms with Crippen molar-refractivity contribution in [1.29, 1.82) is 0 Å². The Morgan fingerprint density at radius 2 is 1.78 bits per heavy atom. The Morgan fingerprint density at radius 1 is 1.00 bits per heavy atom. The quantitative estimate of drug-likeness (QED) is 0.765. The molecule has 2 aromatic carbocycles. The van der Waals surface area contributed by atoms with Gasteiger partial charge in [0.05, 0.1) is 0 Å². The third-order valence-corrected chi connectivity index (χ3v) is 2.76. The predicted molar refractivity (Wildman–Crippen MR) is 62.5 cm³/mol. The van der Waals surface area contributed by atoms with E-state index < -0.39 is 17.9 Å². The van der Waals surface area contributed by atoms with Crippen molar-refractivity contribution in [2.24, 2.45) is 0 Å². The van der Waals surface area contributed by atoms with Crippen LogP contribution in [0.5, 0.6) is 11.5 Å². The Balaban J connectivity index is 2.22. The predicted octanol–water partition coefficient (Wildman–Crippen LogP) is 3.75. The second-order valence-electron chi connectivity index (χ2n) is 4.06. The van der Waals surface area contributed by atoms with Gasteiger partial charge in [-0.15, -0.1) is 0 Å². The molecule has 0 aliphatic carbocycles. The van der Waals surface area contributed by atoms with E-state index in [0.717, 1.165) is 0 Å². The lowest BCUT2D eigenvalue weighted by Crippen LogP contribution is -2.11. The van der Waals surface area contributed by atoms with Crippen LogP contribution in [0.2, 0.25) is 0 Å². The van der Waals surface area contributed by atoms with Gasteiger partial charge < -0.3 is 9.47 Å². The minimum atomic E-state index is -0.493. The van der Waals surface area contributed by atoms with Crippen molar-refractivity contribution in [3.63, 3.8) is 0 Å². The van der Waals surface area contributed by atoms with Gasteiger partial charge in [-0.25, -0.2) is 8.78 Å². The van der Waals surface area contributed by atoms with Crippen molar-refractivity contribution >= 4 is 0 Å². The first-order chi connectivity index (χ1) is 8.65. The molecule has 3 rings (SSSR count). The minimum Gasteiger partial charge on any atom is -0.451 e. The first-order valence-corrected chi connectivity index (χ1v) is 5.57. The zero-order valence-electron chi connectivity index (χ0n) is 9.61. The highest BCUT2D eigenvalue weighted by Crippen LogP contribution is 2.44. The van der Waals surface area contributed by atoms with Crippen LogP contribution < -0.4 is 9.47 Å². The average molecular weight is 248 g/mol. The smallest absolute Gasteiger partial charge is 0.238 e. The summed E-state index contributed by atoms with van der Waals surface area (Å²) in [6.07, 6.45) is -0.493. The lowest BCUT2D eigenvalue weighted by Gasteiger charge is -2.07. The van der Waals surface area contributed by atoms with Gasteiger partial charge in [0.15, 0.2) is 11.5 Å². The van der Waals surface area contributed by atoms with Crippen LogP contribution in [0, 0.1) is 11.6 Å². The molecule has 0 spiro atoms. The molecule has 1 atom stereocenters. The molecule has 0 radical (unpaired) electrons. The molecule has 0 aromatic heterocycles. The number of rotatable bonds is 1. The van der Waals surface area contributed by atoms with E-state index in [-0.39, 0.29) is 0 Å². The second kappa shape index (κ2) is 3.98. The molecule has 0 amide bonds. The minimum absolute atomic E-state index is 0.297. The maximum Gasteiger partial charge on any atom is 0.238 e. The van der Waals surface area contributed by atoms with E-state index in [0.29, 0.717) is 22.6 Å². The summed E-state index contributed by atoms with van der Waals surface area (Å²) in [5.41, 5.74) is 0.665. The van der Waals surface area contributed by atoms with Crippen molar-refractivity contribution in [3.8, 4) is 22.6 Å². The third kappa shape index (κ3) is 1.70. The fourth-order valence-electron chi connectivity index (χ4n) is 2.03. The fraction of sp³-hybridized carbons (Fsp3) is 0.143. The Kier molecular flexibility index (Phi) is 2.44. The summed E-state index contributed by atoms with van der Waals surface area (Å²) in [6.45, 7) is 1.70. The van der Waals surface area contributed by atoms with Crippen molar-refractivity contribution in [3.05, 3.63) is 48.0 Å². The van der Waals surface area contributed by atoms with Crippen molar-refractivity contribution in [2.75, 3.05) is 0 Å². The Hall–Kier alpha value is -2.10. The van der Waals surface area contributed by atoms with Gasteiger partial charge in [0, 0.05) is 24.1 Å². The summed E-state index contributed by atoms with van der Waals surface area (Å²) in [5, 5.41) is 0. The van der Waals surface area contributed by atoms with Crippen LogP contribution in [0.4, 0.5) is 8.78 Å². The maximum atomic E-state index is 13.8. The number of benzene rings is 2. The Bertz CT molecular complexity index is 611. The van der Waals surface area contributed by atoms with Gasteiger partial charge in [-0.3, -0.25) is 0 Å². The van der Waals surface area contributed by atoms with Crippen LogP contribution >= 0.6 is 0 Å². The van der Waals surface area contributed by atoms with Crippen LogP contribution in [0.1, 0.15) is 6.92 Å². The summed E-state index contributed by atoms with van der Waals surface area (Å²) in [4.78, 5) is 0. The zero-order chi connectivity index (χ0) is 12.7. The second-order valence-corrected chi connectivity index (χ2v) is 4.06. The molecule has 0 bridgehead atoms. The summed E-state index contributed by atoms with van der Waals surface area (Å²) in [6, 6.07) is 8.66. The van der Waals surface area contributed by atoms with Crippen LogP contribution in [0.25, 0.3) is 11.1 Å². The molecular formula is C14H10F2O2. The van der Waals surface area contributed by atoms with Crippen LogP contribution in [-0.2, 0) is 0 Å². The Labute approximate surface area is 103 Å². The molecule has 1 aliphatic rings. The lowest BCUT2D eigenvalue weighted by molar-refractivity contribution is 0.0680. The molecule has 0 saturated carbocycles. The van der Waals surface area contributed by atoms with E-state index in [2.05, 4.69) is 0 Å². The van der Waals surface area contributed by atoms with Gasteiger partial charge in [0.2, 0.25) is 6.29 Å². The zero-order valence-corrected chi connectivity index (χ0v) is 9.61. The third-order valence-electron chi connectivity index (χ3n) is 2.76. The van der Waals surface area contributed by atoms with E-state index >= 15 is 0 Å². The van der Waals surface area contributed by atoms with E-state index in [4.69, 9.17) is 9.47 Å². The van der Waals surface area contributed by atoms with Gasteiger partial charge in [0.1, 0.15) is 11.6 Å². The summed E-state index contributed by atoms with van der Waals surface area (Å²) in [7, 11) is 0. The van der Waals surface area contributed by atoms with Gasteiger partial charge in [-0.2, -0.15) is 0 Å². The molecule has 1 heterocycles. The highest BCUT2D eigenvalue weighted by molar-refractivity contribution is 5.75. The first kappa shape index (κ1) is 11.0. The average Bonchev–Trinajstić information content (AvgIpc) is 2.69. The highest BCUT2D eigenvalue weighted by atomic mass is 19.1. The molecule has 18 heavy (non-hydrogen) atoms. The van der Waals surface area contributed by atoms with Gasteiger partial charge in [-0.05, 0) is 12.1 Å². The molecule has 0 saturated heterocycles. The Morgan fingerprint density at radius 3 is 2.56 bits per heavy atom. The number of fused-ring (bicyclic) bond motifs is 1. The molecule has 0 N–H and O–H groups in total. The van der Waals surface area contributed by atoms with Gasteiger partial charge in [-0.1, -0.05) is 18.2 Å².